The van der Waals surface area contributed by atoms with Gasteiger partial charge in [-0.15, -0.1) is 0 Å². The van der Waals surface area contributed by atoms with Gasteiger partial charge < -0.3 is 14.4 Å². The molecule has 1 aliphatic rings. The van der Waals surface area contributed by atoms with Gasteiger partial charge in [-0.3, -0.25) is 14.9 Å². The third-order valence-electron chi connectivity index (χ3n) is 4.73. The number of nitro benzene ring substituents is 1. The number of rotatable bonds is 5. The SMILES string of the molecule is CN1CCc2cc(Oc3cc(Oc4ccc(F)cc4)cc([N+](=O)[O-])c3)ccc2C1=O. The molecule has 152 valence electrons. The molecule has 1 heterocycles. The molecular formula is C22H17FN2O5. The van der Waals surface area contributed by atoms with Crippen LogP contribution in [-0.4, -0.2) is 29.3 Å². The molecule has 4 rings (SSSR count). The first kappa shape index (κ1) is 19.4. The number of nitrogens with zero attached hydrogens (tertiary/aromatic N) is 2. The van der Waals surface area contributed by atoms with E-state index in [4.69, 9.17) is 9.47 Å². The van der Waals surface area contributed by atoms with Crippen molar-refractivity contribution in [2.75, 3.05) is 13.6 Å². The van der Waals surface area contributed by atoms with E-state index in [-0.39, 0.29) is 23.1 Å². The monoisotopic (exact) mass is 408 g/mol. The third kappa shape index (κ3) is 4.07. The van der Waals surface area contributed by atoms with Crippen molar-refractivity contribution in [2.24, 2.45) is 0 Å². The minimum atomic E-state index is -0.550. The van der Waals surface area contributed by atoms with Crippen LogP contribution in [0.1, 0.15) is 15.9 Å². The lowest BCUT2D eigenvalue weighted by Crippen LogP contribution is -2.34. The Morgan fingerprint density at radius 1 is 0.933 bits per heavy atom. The van der Waals surface area contributed by atoms with Crippen molar-refractivity contribution in [1.29, 1.82) is 0 Å². The first-order chi connectivity index (χ1) is 14.4. The number of fused-ring (bicyclic) bond motifs is 1. The third-order valence-corrected chi connectivity index (χ3v) is 4.73. The maximum absolute atomic E-state index is 13.1. The molecule has 3 aromatic rings. The molecule has 0 aliphatic carbocycles. The minimum absolute atomic E-state index is 0.0480. The molecule has 0 aromatic heterocycles. The number of nitro groups is 1. The zero-order valence-electron chi connectivity index (χ0n) is 16.0. The van der Waals surface area contributed by atoms with E-state index in [1.807, 2.05) is 0 Å². The molecule has 0 bridgehead atoms. The fourth-order valence-corrected chi connectivity index (χ4v) is 3.20. The summed E-state index contributed by atoms with van der Waals surface area (Å²) in [4.78, 5) is 24.6. The van der Waals surface area contributed by atoms with Gasteiger partial charge in [0.05, 0.1) is 17.1 Å². The van der Waals surface area contributed by atoms with Crippen LogP contribution >= 0.6 is 0 Å². The first-order valence-electron chi connectivity index (χ1n) is 9.18. The zero-order chi connectivity index (χ0) is 21.3. The second-order valence-corrected chi connectivity index (χ2v) is 6.87. The average Bonchev–Trinajstić information content (AvgIpc) is 2.72. The largest absolute Gasteiger partial charge is 0.457 e. The molecule has 3 aromatic carbocycles. The molecule has 1 aliphatic heterocycles. The molecule has 0 saturated heterocycles. The summed E-state index contributed by atoms with van der Waals surface area (Å²) < 4.78 is 24.5. The van der Waals surface area contributed by atoms with Gasteiger partial charge in [0.15, 0.2) is 0 Å². The van der Waals surface area contributed by atoms with Gasteiger partial charge in [0.2, 0.25) is 0 Å². The highest BCUT2D eigenvalue weighted by Gasteiger charge is 2.22. The number of likely N-dealkylation sites (N-methyl/N-ethyl adjacent to an activating group) is 1. The standard InChI is InChI=1S/C22H17FN2O5/c1-24-9-8-14-10-18(6-7-21(14)22(24)26)30-20-12-16(25(27)28)11-19(13-20)29-17-4-2-15(23)3-5-17/h2-7,10-13H,8-9H2,1H3. The second-order valence-electron chi connectivity index (χ2n) is 6.87. The van der Waals surface area contributed by atoms with Crippen LogP contribution in [0.25, 0.3) is 0 Å². The van der Waals surface area contributed by atoms with Crippen LogP contribution in [-0.2, 0) is 6.42 Å². The van der Waals surface area contributed by atoms with Crippen molar-refractivity contribution >= 4 is 11.6 Å². The fraction of sp³-hybridized carbons (Fsp3) is 0.136. The summed E-state index contributed by atoms with van der Waals surface area (Å²) >= 11 is 0. The Morgan fingerprint density at radius 2 is 1.57 bits per heavy atom. The van der Waals surface area contributed by atoms with Gasteiger partial charge in [-0.2, -0.15) is 0 Å². The molecule has 0 spiro atoms. The Bertz CT molecular complexity index is 1130. The minimum Gasteiger partial charge on any atom is -0.457 e. The number of carbonyl (C=O) groups excluding carboxylic acids is 1. The van der Waals surface area contributed by atoms with Crippen molar-refractivity contribution in [1.82, 2.24) is 4.90 Å². The molecule has 0 saturated carbocycles. The van der Waals surface area contributed by atoms with Crippen LogP contribution in [0.15, 0.2) is 60.7 Å². The Kier molecular flexibility index (Phi) is 5.05. The number of halogens is 1. The van der Waals surface area contributed by atoms with Crippen molar-refractivity contribution in [2.45, 2.75) is 6.42 Å². The number of non-ortho nitro benzene ring substituents is 1. The molecule has 0 atom stereocenters. The second kappa shape index (κ2) is 7.82. The molecular weight excluding hydrogens is 391 g/mol. The van der Waals surface area contributed by atoms with Gasteiger partial charge in [0, 0.05) is 25.2 Å². The van der Waals surface area contributed by atoms with Crippen LogP contribution in [0.2, 0.25) is 0 Å². The summed E-state index contributed by atoms with van der Waals surface area (Å²) in [5.41, 5.74) is 1.28. The van der Waals surface area contributed by atoms with Crippen LogP contribution in [0.4, 0.5) is 10.1 Å². The zero-order valence-corrected chi connectivity index (χ0v) is 16.0. The predicted molar refractivity (Wildman–Crippen MR) is 107 cm³/mol. The van der Waals surface area contributed by atoms with E-state index in [1.165, 1.54) is 42.5 Å². The highest BCUT2D eigenvalue weighted by atomic mass is 19.1. The van der Waals surface area contributed by atoms with Crippen LogP contribution in [0.3, 0.4) is 0 Å². The molecule has 7 nitrogen and oxygen atoms in total. The number of hydrogen-bond donors (Lipinski definition) is 0. The normalized spacial score (nSPS) is 13.0. The predicted octanol–water partition coefficient (Wildman–Crippen LogP) is 4.95. The van der Waals surface area contributed by atoms with Crippen molar-refractivity contribution in [3.63, 3.8) is 0 Å². The summed E-state index contributed by atoms with van der Waals surface area (Å²) in [5, 5.41) is 11.3. The first-order valence-corrected chi connectivity index (χ1v) is 9.18. The smallest absolute Gasteiger partial charge is 0.276 e. The van der Waals surface area contributed by atoms with E-state index in [0.717, 1.165) is 5.56 Å². The Balaban J connectivity index is 1.62. The summed E-state index contributed by atoms with van der Waals surface area (Å²) in [6.07, 6.45) is 0.697. The Labute approximate surface area is 171 Å². The molecule has 0 radical (unpaired) electrons. The molecule has 0 fully saturated rings. The lowest BCUT2D eigenvalue weighted by Gasteiger charge is -2.25. The number of carbonyl (C=O) groups is 1. The number of amides is 1. The lowest BCUT2D eigenvalue weighted by molar-refractivity contribution is -0.385. The maximum Gasteiger partial charge on any atom is 0.276 e. The van der Waals surface area contributed by atoms with Gasteiger partial charge in [0.25, 0.3) is 11.6 Å². The van der Waals surface area contributed by atoms with Crippen LogP contribution in [0, 0.1) is 15.9 Å². The van der Waals surface area contributed by atoms with E-state index in [9.17, 15) is 19.3 Å². The number of ether oxygens (including phenoxy) is 2. The quantitative estimate of drug-likeness (QED) is 0.441. The Hall–Kier alpha value is -3.94. The fourth-order valence-electron chi connectivity index (χ4n) is 3.20. The van der Waals surface area contributed by atoms with E-state index in [1.54, 1.807) is 30.1 Å². The number of hydrogen-bond acceptors (Lipinski definition) is 5. The molecule has 8 heteroatoms. The highest BCUT2D eigenvalue weighted by molar-refractivity contribution is 5.96. The number of benzene rings is 3. The lowest BCUT2D eigenvalue weighted by atomic mass is 9.99. The molecule has 30 heavy (non-hydrogen) atoms. The van der Waals surface area contributed by atoms with Crippen LogP contribution in [0.5, 0.6) is 23.0 Å². The summed E-state index contributed by atoms with van der Waals surface area (Å²) in [6.45, 7) is 0.613. The topological polar surface area (TPSA) is 81.9 Å². The average molecular weight is 408 g/mol. The van der Waals surface area contributed by atoms with Crippen LogP contribution < -0.4 is 9.47 Å². The summed E-state index contributed by atoms with van der Waals surface area (Å²) in [6, 6.07) is 14.5. The Morgan fingerprint density at radius 3 is 2.23 bits per heavy atom. The van der Waals surface area contributed by atoms with Crippen molar-refractivity contribution in [3.8, 4) is 23.0 Å². The highest BCUT2D eigenvalue weighted by Crippen LogP contribution is 2.34. The molecule has 0 unspecified atom stereocenters. The van der Waals surface area contributed by atoms with Gasteiger partial charge in [-0.1, -0.05) is 0 Å². The van der Waals surface area contributed by atoms with E-state index < -0.39 is 10.7 Å². The van der Waals surface area contributed by atoms with Gasteiger partial charge >= 0.3 is 0 Å². The molecule has 0 N–H and O–H groups in total. The van der Waals surface area contributed by atoms with Crippen molar-refractivity contribution < 1.29 is 23.6 Å². The van der Waals surface area contributed by atoms with Crippen molar-refractivity contribution in [3.05, 3.63) is 87.7 Å². The van der Waals surface area contributed by atoms with Gasteiger partial charge in [-0.05, 0) is 54.4 Å². The summed E-state index contributed by atoms with van der Waals surface area (Å²) in [5.74, 6) is 0.718. The van der Waals surface area contributed by atoms with E-state index in [0.29, 0.717) is 30.0 Å². The van der Waals surface area contributed by atoms with Gasteiger partial charge in [-0.25, -0.2) is 4.39 Å². The van der Waals surface area contributed by atoms with Gasteiger partial charge in [0.1, 0.15) is 28.8 Å². The van der Waals surface area contributed by atoms with E-state index in [2.05, 4.69) is 0 Å². The van der Waals surface area contributed by atoms with E-state index >= 15 is 0 Å². The summed E-state index contributed by atoms with van der Waals surface area (Å²) in [7, 11) is 1.75. The maximum atomic E-state index is 13.1. The molecule has 1 amide bonds.